The number of anilines is 1. The fraction of sp³-hybridized carbons (Fsp3) is 0.360. The van der Waals surface area contributed by atoms with E-state index >= 15 is 0 Å². The van der Waals surface area contributed by atoms with E-state index in [1.807, 2.05) is 78.8 Å². The number of thioether (sulfide) groups is 1. The van der Waals surface area contributed by atoms with Gasteiger partial charge in [0, 0.05) is 24.3 Å². The molecule has 2 amide bonds. The van der Waals surface area contributed by atoms with Crippen LogP contribution in [-0.4, -0.2) is 43.8 Å². The molecular formula is C25H29N5O2S. The molecular weight excluding hydrogens is 434 g/mol. The molecule has 4 rings (SSSR count). The molecule has 2 aromatic carbocycles. The van der Waals surface area contributed by atoms with E-state index in [0.717, 1.165) is 41.0 Å². The van der Waals surface area contributed by atoms with Crippen molar-refractivity contribution in [2.75, 3.05) is 17.6 Å². The van der Waals surface area contributed by atoms with E-state index in [0.29, 0.717) is 18.2 Å². The number of benzene rings is 2. The molecule has 172 valence electrons. The zero-order valence-corrected chi connectivity index (χ0v) is 20.1. The Kier molecular flexibility index (Phi) is 7.13. The topological polar surface area (TPSA) is 80.1 Å². The molecule has 33 heavy (non-hydrogen) atoms. The van der Waals surface area contributed by atoms with Crippen molar-refractivity contribution in [3.63, 3.8) is 0 Å². The van der Waals surface area contributed by atoms with Crippen LogP contribution < -0.4 is 5.32 Å². The van der Waals surface area contributed by atoms with Gasteiger partial charge in [-0.25, -0.2) is 0 Å². The van der Waals surface area contributed by atoms with Crippen molar-refractivity contribution >= 4 is 29.3 Å². The zero-order chi connectivity index (χ0) is 23.4. The summed E-state index contributed by atoms with van der Waals surface area (Å²) < 4.78 is 2.03. The first-order chi connectivity index (χ1) is 16.0. The largest absolute Gasteiger partial charge is 0.328 e. The number of aryl methyl sites for hydroxylation is 2. The fourth-order valence-corrected chi connectivity index (χ4v) is 4.97. The van der Waals surface area contributed by atoms with Crippen molar-refractivity contribution in [3.8, 4) is 0 Å². The van der Waals surface area contributed by atoms with Gasteiger partial charge in [0.15, 0.2) is 11.0 Å². The lowest BCUT2D eigenvalue weighted by atomic mass is 10.1. The second kappa shape index (κ2) is 10.2. The Balaban J connectivity index is 1.46. The molecule has 1 atom stereocenters. The molecule has 0 radical (unpaired) electrons. The molecule has 0 spiro atoms. The van der Waals surface area contributed by atoms with Crippen LogP contribution in [0.1, 0.15) is 53.1 Å². The van der Waals surface area contributed by atoms with E-state index in [2.05, 4.69) is 15.5 Å². The van der Waals surface area contributed by atoms with E-state index in [4.69, 9.17) is 0 Å². The van der Waals surface area contributed by atoms with Gasteiger partial charge in [0.05, 0.1) is 11.8 Å². The maximum absolute atomic E-state index is 13.3. The lowest BCUT2D eigenvalue weighted by molar-refractivity contribution is -0.113. The minimum Gasteiger partial charge on any atom is -0.328 e. The number of carbonyl (C=O) groups is 2. The van der Waals surface area contributed by atoms with Crippen LogP contribution >= 0.6 is 11.8 Å². The van der Waals surface area contributed by atoms with Crippen LogP contribution in [-0.2, 0) is 11.3 Å². The first-order valence-corrected chi connectivity index (χ1v) is 12.3. The Morgan fingerprint density at radius 3 is 2.58 bits per heavy atom. The van der Waals surface area contributed by atoms with Gasteiger partial charge in [-0.2, -0.15) is 0 Å². The van der Waals surface area contributed by atoms with Crippen LogP contribution in [0, 0.1) is 13.8 Å². The molecule has 7 nitrogen and oxygen atoms in total. The highest BCUT2D eigenvalue weighted by molar-refractivity contribution is 7.99. The number of hydrogen-bond acceptors (Lipinski definition) is 5. The molecule has 2 heterocycles. The highest BCUT2D eigenvalue weighted by Gasteiger charge is 2.35. The Hall–Kier alpha value is -3.13. The van der Waals surface area contributed by atoms with Gasteiger partial charge in [0.2, 0.25) is 5.91 Å². The molecule has 1 aliphatic rings. The average Bonchev–Trinajstić information content (AvgIpc) is 3.45. The van der Waals surface area contributed by atoms with E-state index in [9.17, 15) is 9.59 Å². The summed E-state index contributed by atoms with van der Waals surface area (Å²) >= 11 is 1.36. The predicted octanol–water partition coefficient (Wildman–Crippen LogP) is 4.62. The molecule has 8 heteroatoms. The summed E-state index contributed by atoms with van der Waals surface area (Å²) in [6, 6.07) is 15.3. The van der Waals surface area contributed by atoms with Gasteiger partial charge in [-0.05, 0) is 57.4 Å². The molecule has 0 aliphatic carbocycles. The Labute approximate surface area is 198 Å². The number of rotatable bonds is 7. The molecule has 1 N–H and O–H groups in total. The normalized spacial score (nSPS) is 15.6. The van der Waals surface area contributed by atoms with Gasteiger partial charge >= 0.3 is 0 Å². The molecule has 1 saturated heterocycles. The number of nitrogens with zero attached hydrogens (tertiary/aromatic N) is 4. The number of likely N-dealkylation sites (tertiary alicyclic amines) is 1. The van der Waals surface area contributed by atoms with E-state index in [1.54, 1.807) is 0 Å². The molecule has 1 aromatic heterocycles. The summed E-state index contributed by atoms with van der Waals surface area (Å²) in [4.78, 5) is 27.6. The first-order valence-electron chi connectivity index (χ1n) is 11.3. The van der Waals surface area contributed by atoms with Crippen LogP contribution in [0.5, 0.6) is 0 Å². The highest BCUT2D eigenvalue weighted by Crippen LogP contribution is 2.34. The second-order valence-corrected chi connectivity index (χ2v) is 9.20. The monoisotopic (exact) mass is 463 g/mol. The quantitative estimate of drug-likeness (QED) is 0.517. The summed E-state index contributed by atoms with van der Waals surface area (Å²) in [6.07, 6.45) is 1.79. The fourth-order valence-electron chi connectivity index (χ4n) is 4.16. The smallest absolute Gasteiger partial charge is 0.254 e. The Morgan fingerprint density at radius 2 is 1.85 bits per heavy atom. The van der Waals surface area contributed by atoms with Crippen molar-refractivity contribution in [3.05, 3.63) is 71.0 Å². The summed E-state index contributed by atoms with van der Waals surface area (Å²) in [5.41, 5.74) is 3.63. The maximum atomic E-state index is 13.3. The summed E-state index contributed by atoms with van der Waals surface area (Å²) in [5.74, 6) is 0.974. The predicted molar refractivity (Wildman–Crippen MR) is 130 cm³/mol. The Bertz CT molecular complexity index is 1140. The minimum absolute atomic E-state index is 0.0351. The first kappa shape index (κ1) is 23.0. The SMILES string of the molecule is CCn1c(SCC(=O)Nc2ccc(C)cc2)nnc1C1CCCN1C(=O)c1ccccc1C. The van der Waals surface area contributed by atoms with E-state index in [1.165, 1.54) is 11.8 Å². The third kappa shape index (κ3) is 5.11. The zero-order valence-electron chi connectivity index (χ0n) is 19.2. The number of amides is 2. The third-order valence-corrected chi connectivity index (χ3v) is 6.88. The van der Waals surface area contributed by atoms with Crippen LogP contribution in [0.2, 0.25) is 0 Å². The molecule has 1 aliphatic heterocycles. The molecule has 1 unspecified atom stereocenters. The summed E-state index contributed by atoms with van der Waals surface area (Å²) in [6.45, 7) is 7.38. The minimum atomic E-state index is -0.111. The van der Waals surface area contributed by atoms with Gasteiger partial charge in [-0.1, -0.05) is 47.7 Å². The summed E-state index contributed by atoms with van der Waals surface area (Å²) in [7, 11) is 0. The lowest BCUT2D eigenvalue weighted by Crippen LogP contribution is -2.32. The highest BCUT2D eigenvalue weighted by atomic mass is 32.2. The van der Waals surface area contributed by atoms with Crippen LogP contribution in [0.25, 0.3) is 0 Å². The van der Waals surface area contributed by atoms with Crippen LogP contribution in [0.3, 0.4) is 0 Å². The van der Waals surface area contributed by atoms with Gasteiger partial charge in [-0.15, -0.1) is 10.2 Å². The van der Waals surface area contributed by atoms with Crippen molar-refractivity contribution in [1.82, 2.24) is 19.7 Å². The lowest BCUT2D eigenvalue weighted by Gasteiger charge is -2.25. The standard InChI is InChI=1S/C25H29N5O2S/c1-4-29-23(21-10-7-15-30(21)24(32)20-9-6-5-8-18(20)3)27-28-25(29)33-16-22(31)26-19-13-11-17(2)12-14-19/h5-6,8-9,11-14,21H,4,7,10,15-16H2,1-3H3,(H,26,31). The van der Waals surface area contributed by atoms with E-state index < -0.39 is 0 Å². The second-order valence-electron chi connectivity index (χ2n) is 8.26. The van der Waals surface area contributed by atoms with Crippen molar-refractivity contribution in [1.29, 1.82) is 0 Å². The van der Waals surface area contributed by atoms with Crippen molar-refractivity contribution in [2.45, 2.75) is 51.4 Å². The van der Waals surface area contributed by atoms with Gasteiger partial charge in [-0.3, -0.25) is 9.59 Å². The number of nitrogens with one attached hydrogen (secondary N) is 1. The van der Waals surface area contributed by atoms with Crippen LogP contribution in [0.4, 0.5) is 5.69 Å². The molecule has 3 aromatic rings. The van der Waals surface area contributed by atoms with E-state index in [-0.39, 0.29) is 23.6 Å². The average molecular weight is 464 g/mol. The maximum Gasteiger partial charge on any atom is 0.254 e. The number of aromatic nitrogens is 3. The molecule has 0 bridgehead atoms. The molecule has 1 fully saturated rings. The third-order valence-electron chi connectivity index (χ3n) is 5.92. The number of hydrogen-bond donors (Lipinski definition) is 1. The van der Waals surface area contributed by atoms with Gasteiger partial charge < -0.3 is 14.8 Å². The Morgan fingerprint density at radius 1 is 1.09 bits per heavy atom. The van der Waals surface area contributed by atoms with Gasteiger partial charge in [0.1, 0.15) is 0 Å². The molecule has 0 saturated carbocycles. The van der Waals surface area contributed by atoms with Crippen molar-refractivity contribution in [2.24, 2.45) is 0 Å². The summed E-state index contributed by atoms with van der Waals surface area (Å²) in [5, 5.41) is 12.4. The van der Waals surface area contributed by atoms with Crippen LogP contribution in [0.15, 0.2) is 53.7 Å². The van der Waals surface area contributed by atoms with Gasteiger partial charge in [0.25, 0.3) is 5.91 Å². The van der Waals surface area contributed by atoms with Crippen molar-refractivity contribution < 1.29 is 9.59 Å². The number of carbonyl (C=O) groups excluding carboxylic acids is 2.